The molecule has 0 radical (unpaired) electrons. The second-order valence-corrected chi connectivity index (χ2v) is 6.05. The quantitative estimate of drug-likeness (QED) is 0.819. The van der Waals surface area contributed by atoms with Crippen molar-refractivity contribution in [1.82, 2.24) is 14.8 Å². The molecule has 0 saturated carbocycles. The standard InChI is InChI=1S/C13H16Cl2N4S/c1-2-5-19-12(7-16)17-18-13(19)20-8-9-3-4-10(14)11(15)6-9/h3-4,6H,2,5,7-8,16H2,1H3. The van der Waals surface area contributed by atoms with E-state index in [4.69, 9.17) is 28.9 Å². The minimum absolute atomic E-state index is 0.403. The van der Waals surface area contributed by atoms with Crippen LogP contribution < -0.4 is 5.73 Å². The van der Waals surface area contributed by atoms with E-state index in [0.29, 0.717) is 16.6 Å². The van der Waals surface area contributed by atoms with Crippen LogP contribution in [0, 0.1) is 0 Å². The molecule has 1 aromatic carbocycles. The average molecular weight is 331 g/mol. The Morgan fingerprint density at radius 2 is 2.05 bits per heavy atom. The molecule has 0 bridgehead atoms. The van der Waals surface area contributed by atoms with Crippen molar-refractivity contribution in [3.8, 4) is 0 Å². The fourth-order valence-electron chi connectivity index (χ4n) is 1.80. The Kier molecular flexibility index (Phi) is 5.72. The topological polar surface area (TPSA) is 56.7 Å². The van der Waals surface area contributed by atoms with Gasteiger partial charge in [-0.05, 0) is 24.1 Å². The van der Waals surface area contributed by atoms with E-state index in [1.807, 2.05) is 18.2 Å². The van der Waals surface area contributed by atoms with Gasteiger partial charge in [0, 0.05) is 12.3 Å². The number of nitrogens with zero attached hydrogens (tertiary/aromatic N) is 3. The Hall–Kier alpha value is -0.750. The molecule has 7 heteroatoms. The third-order valence-corrected chi connectivity index (χ3v) is 4.55. The second kappa shape index (κ2) is 7.31. The van der Waals surface area contributed by atoms with E-state index in [0.717, 1.165) is 35.3 Å². The van der Waals surface area contributed by atoms with E-state index in [9.17, 15) is 0 Å². The molecule has 0 unspecified atom stereocenters. The van der Waals surface area contributed by atoms with Crippen LogP contribution in [0.15, 0.2) is 23.4 Å². The van der Waals surface area contributed by atoms with E-state index in [1.54, 1.807) is 11.8 Å². The molecule has 0 spiro atoms. The highest BCUT2D eigenvalue weighted by Gasteiger charge is 2.11. The maximum atomic E-state index is 6.01. The van der Waals surface area contributed by atoms with Crippen molar-refractivity contribution >= 4 is 35.0 Å². The van der Waals surface area contributed by atoms with Gasteiger partial charge in [-0.15, -0.1) is 10.2 Å². The van der Waals surface area contributed by atoms with Crippen molar-refractivity contribution in [3.63, 3.8) is 0 Å². The number of hydrogen-bond acceptors (Lipinski definition) is 4. The summed E-state index contributed by atoms with van der Waals surface area (Å²) in [5.41, 5.74) is 6.77. The highest BCUT2D eigenvalue weighted by Crippen LogP contribution is 2.27. The van der Waals surface area contributed by atoms with Crippen LogP contribution >= 0.6 is 35.0 Å². The molecule has 2 N–H and O–H groups in total. The van der Waals surface area contributed by atoms with Crippen LogP contribution in [0.1, 0.15) is 24.7 Å². The van der Waals surface area contributed by atoms with Crippen LogP contribution in [0.4, 0.5) is 0 Å². The summed E-state index contributed by atoms with van der Waals surface area (Å²) in [6, 6.07) is 5.65. The summed E-state index contributed by atoms with van der Waals surface area (Å²) in [6.07, 6.45) is 1.02. The molecule has 0 aliphatic carbocycles. The fraction of sp³-hybridized carbons (Fsp3) is 0.385. The normalized spacial score (nSPS) is 11.0. The zero-order valence-electron chi connectivity index (χ0n) is 11.1. The summed E-state index contributed by atoms with van der Waals surface area (Å²) < 4.78 is 2.07. The van der Waals surface area contributed by atoms with E-state index in [-0.39, 0.29) is 0 Å². The minimum Gasteiger partial charge on any atom is -0.324 e. The SMILES string of the molecule is CCCn1c(CN)nnc1SCc1ccc(Cl)c(Cl)c1. The van der Waals surface area contributed by atoms with Gasteiger partial charge in [-0.25, -0.2) is 0 Å². The Morgan fingerprint density at radius 3 is 2.70 bits per heavy atom. The Morgan fingerprint density at radius 1 is 1.25 bits per heavy atom. The number of halogens is 2. The first-order valence-corrected chi connectivity index (χ1v) is 8.08. The monoisotopic (exact) mass is 330 g/mol. The van der Waals surface area contributed by atoms with Gasteiger partial charge < -0.3 is 10.3 Å². The number of thioether (sulfide) groups is 1. The molecule has 108 valence electrons. The van der Waals surface area contributed by atoms with Crippen molar-refractivity contribution in [2.45, 2.75) is 37.3 Å². The van der Waals surface area contributed by atoms with Crippen LogP contribution in [0.2, 0.25) is 10.0 Å². The zero-order chi connectivity index (χ0) is 14.5. The van der Waals surface area contributed by atoms with E-state index >= 15 is 0 Å². The van der Waals surface area contributed by atoms with Crippen molar-refractivity contribution in [3.05, 3.63) is 39.6 Å². The van der Waals surface area contributed by atoms with Crippen LogP contribution in [-0.2, 0) is 18.8 Å². The van der Waals surface area contributed by atoms with Gasteiger partial charge in [-0.3, -0.25) is 0 Å². The molecule has 4 nitrogen and oxygen atoms in total. The molecular formula is C13H16Cl2N4S. The molecule has 0 saturated heterocycles. The highest BCUT2D eigenvalue weighted by molar-refractivity contribution is 7.98. The number of benzene rings is 1. The summed E-state index contributed by atoms with van der Waals surface area (Å²) >= 11 is 13.5. The molecule has 0 atom stereocenters. The maximum Gasteiger partial charge on any atom is 0.191 e. The first kappa shape index (κ1) is 15.6. The minimum atomic E-state index is 0.403. The van der Waals surface area contributed by atoms with Crippen molar-refractivity contribution < 1.29 is 0 Å². The molecule has 0 aliphatic rings. The molecular weight excluding hydrogens is 315 g/mol. The van der Waals surface area contributed by atoms with Gasteiger partial charge in [-0.1, -0.05) is 48.0 Å². The van der Waals surface area contributed by atoms with Gasteiger partial charge >= 0.3 is 0 Å². The molecule has 20 heavy (non-hydrogen) atoms. The summed E-state index contributed by atoms with van der Waals surface area (Å²) in [6.45, 7) is 3.40. The largest absolute Gasteiger partial charge is 0.324 e. The van der Waals surface area contributed by atoms with E-state index < -0.39 is 0 Å². The van der Waals surface area contributed by atoms with E-state index in [1.165, 1.54) is 0 Å². The fourth-order valence-corrected chi connectivity index (χ4v) is 3.05. The first-order valence-electron chi connectivity index (χ1n) is 6.34. The molecule has 1 heterocycles. The summed E-state index contributed by atoms with van der Waals surface area (Å²) in [5.74, 6) is 1.59. The van der Waals surface area contributed by atoms with Crippen LogP contribution in [0.3, 0.4) is 0 Å². The lowest BCUT2D eigenvalue weighted by Crippen LogP contribution is -2.09. The van der Waals surface area contributed by atoms with Crippen molar-refractivity contribution in [1.29, 1.82) is 0 Å². The first-order chi connectivity index (χ1) is 9.65. The van der Waals surface area contributed by atoms with Crippen molar-refractivity contribution in [2.24, 2.45) is 5.73 Å². The van der Waals surface area contributed by atoms with Gasteiger partial charge in [0.05, 0.1) is 16.6 Å². The smallest absolute Gasteiger partial charge is 0.191 e. The number of nitrogens with two attached hydrogens (primary N) is 1. The van der Waals surface area contributed by atoms with Crippen LogP contribution in [-0.4, -0.2) is 14.8 Å². The van der Waals surface area contributed by atoms with Crippen LogP contribution in [0.25, 0.3) is 0 Å². The Bertz CT molecular complexity index is 586. The predicted molar refractivity (Wildman–Crippen MR) is 84.2 cm³/mol. The summed E-state index contributed by atoms with van der Waals surface area (Å²) in [4.78, 5) is 0. The number of rotatable bonds is 6. The van der Waals surface area contributed by atoms with Crippen LogP contribution in [0.5, 0.6) is 0 Å². The lowest BCUT2D eigenvalue weighted by molar-refractivity contribution is 0.592. The maximum absolute atomic E-state index is 6.01. The molecule has 1 aromatic heterocycles. The molecule has 2 aromatic rings. The molecule has 0 aliphatic heterocycles. The second-order valence-electron chi connectivity index (χ2n) is 4.29. The zero-order valence-corrected chi connectivity index (χ0v) is 13.5. The lowest BCUT2D eigenvalue weighted by atomic mass is 10.2. The van der Waals surface area contributed by atoms with E-state index in [2.05, 4.69) is 21.7 Å². The molecule has 2 rings (SSSR count). The predicted octanol–water partition coefficient (Wildman–Crippen LogP) is 3.75. The number of aromatic nitrogens is 3. The molecule has 0 fully saturated rings. The van der Waals surface area contributed by atoms with Crippen molar-refractivity contribution in [2.75, 3.05) is 0 Å². The van der Waals surface area contributed by atoms with Gasteiger partial charge in [0.2, 0.25) is 0 Å². The lowest BCUT2D eigenvalue weighted by Gasteiger charge is -2.08. The third kappa shape index (κ3) is 3.67. The van der Waals surface area contributed by atoms with Gasteiger partial charge in [-0.2, -0.15) is 0 Å². The summed E-state index contributed by atoms with van der Waals surface area (Å²) in [5, 5.41) is 10.3. The third-order valence-electron chi connectivity index (χ3n) is 2.78. The Balaban J connectivity index is 2.10. The Labute approximate surface area is 132 Å². The summed E-state index contributed by atoms with van der Waals surface area (Å²) in [7, 11) is 0. The highest BCUT2D eigenvalue weighted by atomic mass is 35.5. The average Bonchev–Trinajstić information content (AvgIpc) is 2.83. The van der Waals surface area contributed by atoms with Gasteiger partial charge in [0.25, 0.3) is 0 Å². The molecule has 0 amide bonds. The van der Waals surface area contributed by atoms with Gasteiger partial charge in [0.1, 0.15) is 5.82 Å². The van der Waals surface area contributed by atoms with Gasteiger partial charge in [0.15, 0.2) is 5.16 Å². The number of hydrogen-bond donors (Lipinski definition) is 1.